The molecule has 0 radical (unpaired) electrons. The molecule has 0 amide bonds. The molecule has 0 rings (SSSR count). The normalized spacial score (nSPS) is 16.3. The monoisotopic (exact) mass is 196 g/mol. The lowest BCUT2D eigenvalue weighted by Gasteiger charge is -2.05. The highest BCUT2D eigenvalue weighted by atomic mass is 32.7. The quantitative estimate of drug-likeness (QED) is 0.400. The van der Waals surface area contributed by atoms with Gasteiger partial charge in [0.25, 0.3) is 6.57 Å². The van der Waals surface area contributed by atoms with Crippen molar-refractivity contribution in [2.75, 3.05) is 13.3 Å². The van der Waals surface area contributed by atoms with Crippen LogP contribution in [0.5, 0.6) is 0 Å². The van der Waals surface area contributed by atoms with Crippen LogP contribution in [0.2, 0.25) is 0 Å². The summed E-state index contributed by atoms with van der Waals surface area (Å²) in [6, 6.07) is 0. The smallest absolute Gasteiger partial charge is 0.251 e. The summed E-state index contributed by atoms with van der Waals surface area (Å²) in [5.74, 6) is 0. The van der Waals surface area contributed by atoms with Gasteiger partial charge in [0.05, 0.1) is 6.61 Å². The molecule has 0 bridgehead atoms. The second kappa shape index (κ2) is 6.10. The summed E-state index contributed by atoms with van der Waals surface area (Å²) in [4.78, 5) is 0. The Bertz CT molecular complexity index is 132. The topological polar surface area (TPSA) is 26.3 Å². The van der Waals surface area contributed by atoms with E-state index < -0.39 is 6.57 Å². The highest BCUT2D eigenvalue weighted by Crippen LogP contribution is 2.47. The third-order valence-electron chi connectivity index (χ3n) is 1.33. The maximum absolute atomic E-state index is 10.9. The van der Waals surface area contributed by atoms with Gasteiger partial charge in [-0.2, -0.15) is 0 Å². The van der Waals surface area contributed by atoms with Crippen molar-refractivity contribution in [1.29, 1.82) is 0 Å². The molecule has 11 heavy (non-hydrogen) atoms. The summed E-state index contributed by atoms with van der Waals surface area (Å²) in [7, 11) is 0. The molecule has 0 aromatic carbocycles. The van der Waals surface area contributed by atoms with Gasteiger partial charge in [0.1, 0.15) is 0 Å². The molecular weight excluding hydrogens is 179 g/mol. The van der Waals surface area contributed by atoms with E-state index in [1.165, 1.54) is 19.5 Å². The third kappa shape index (κ3) is 10.5. The first-order valence-electron chi connectivity index (χ1n) is 4.01. The minimum absolute atomic E-state index is 0.581. The first-order valence-corrected chi connectivity index (χ1v) is 7.23. The summed E-state index contributed by atoms with van der Waals surface area (Å²) in [5.41, 5.74) is 0. The van der Waals surface area contributed by atoms with E-state index >= 15 is 0 Å². The van der Waals surface area contributed by atoms with Crippen molar-refractivity contribution < 1.29 is 9.09 Å². The Hall–Kier alpha value is 0.540. The van der Waals surface area contributed by atoms with E-state index in [1.807, 2.05) is 0 Å². The molecule has 4 heteroatoms. The zero-order valence-electron chi connectivity index (χ0n) is 7.25. The molecule has 0 aliphatic heterocycles. The molecular formula is C7H17O2PS. The van der Waals surface area contributed by atoms with Gasteiger partial charge < -0.3 is 4.52 Å². The Morgan fingerprint density at radius 2 is 2.00 bits per heavy atom. The van der Waals surface area contributed by atoms with Gasteiger partial charge in [-0.1, -0.05) is 38.4 Å². The fourth-order valence-electron chi connectivity index (χ4n) is 0.763. The molecule has 68 valence electrons. The predicted octanol–water partition coefficient (Wildman–Crippen LogP) is 3.34. The van der Waals surface area contributed by atoms with Crippen LogP contribution in [0.1, 0.15) is 32.6 Å². The van der Waals surface area contributed by atoms with E-state index in [1.54, 1.807) is 0 Å². The Morgan fingerprint density at radius 3 is 2.45 bits per heavy atom. The summed E-state index contributed by atoms with van der Waals surface area (Å²) >= 11 is 3.81. The van der Waals surface area contributed by atoms with Crippen LogP contribution >= 0.6 is 18.8 Å². The van der Waals surface area contributed by atoms with Gasteiger partial charge in [0.15, 0.2) is 0 Å². The molecule has 2 nitrogen and oxygen atoms in total. The first kappa shape index (κ1) is 11.5. The van der Waals surface area contributed by atoms with Crippen LogP contribution in [-0.2, 0) is 9.09 Å². The molecule has 0 saturated carbocycles. The van der Waals surface area contributed by atoms with Crippen molar-refractivity contribution >= 4 is 18.8 Å². The van der Waals surface area contributed by atoms with Gasteiger partial charge in [-0.3, -0.25) is 4.57 Å². The van der Waals surface area contributed by atoms with Crippen LogP contribution in [0, 0.1) is 0 Å². The Labute approximate surface area is 74.3 Å². The SMILES string of the molecule is CCCCCCOP(C)(=O)S. The molecule has 0 aromatic heterocycles. The lowest BCUT2D eigenvalue weighted by molar-refractivity contribution is 0.316. The number of unbranched alkanes of at least 4 members (excludes halogenated alkanes) is 3. The molecule has 0 aliphatic rings. The Kier molecular flexibility index (Phi) is 6.40. The summed E-state index contributed by atoms with van der Waals surface area (Å²) in [6.45, 7) is 1.74. The van der Waals surface area contributed by atoms with Gasteiger partial charge in [-0.05, 0) is 6.42 Å². The predicted molar refractivity (Wildman–Crippen MR) is 52.6 cm³/mol. The number of hydrogen-bond acceptors (Lipinski definition) is 2. The van der Waals surface area contributed by atoms with E-state index in [0.717, 1.165) is 12.8 Å². The molecule has 1 atom stereocenters. The summed E-state index contributed by atoms with van der Waals surface area (Å²) in [6.07, 6.45) is 4.59. The van der Waals surface area contributed by atoms with E-state index in [0.29, 0.717) is 6.61 Å². The van der Waals surface area contributed by atoms with Gasteiger partial charge in [0.2, 0.25) is 0 Å². The summed E-state index contributed by atoms with van der Waals surface area (Å²) < 4.78 is 15.9. The lowest BCUT2D eigenvalue weighted by Crippen LogP contribution is -1.88. The van der Waals surface area contributed by atoms with Crippen LogP contribution in [0.15, 0.2) is 0 Å². The van der Waals surface area contributed by atoms with Crippen molar-refractivity contribution in [3.63, 3.8) is 0 Å². The van der Waals surface area contributed by atoms with Crippen molar-refractivity contribution in [1.82, 2.24) is 0 Å². The van der Waals surface area contributed by atoms with E-state index in [2.05, 4.69) is 19.2 Å². The fraction of sp³-hybridized carbons (Fsp3) is 1.00. The average molecular weight is 196 g/mol. The molecule has 0 N–H and O–H groups in total. The summed E-state index contributed by atoms with van der Waals surface area (Å²) in [5, 5.41) is 0. The fourth-order valence-corrected chi connectivity index (χ4v) is 1.48. The largest absolute Gasteiger partial charge is 0.321 e. The molecule has 0 spiro atoms. The molecule has 0 saturated heterocycles. The zero-order chi connectivity index (χ0) is 8.74. The van der Waals surface area contributed by atoms with Crippen LogP contribution in [0.25, 0.3) is 0 Å². The minimum Gasteiger partial charge on any atom is -0.321 e. The van der Waals surface area contributed by atoms with Crippen molar-refractivity contribution in [3.05, 3.63) is 0 Å². The van der Waals surface area contributed by atoms with Crippen LogP contribution in [-0.4, -0.2) is 13.3 Å². The number of rotatable bonds is 6. The highest BCUT2D eigenvalue weighted by molar-refractivity contribution is 8.46. The standard InChI is InChI=1S/C7H17O2PS/c1-3-4-5-6-7-9-10(2,8)11/h3-7H2,1-2H3,(H,8,11). The molecule has 0 heterocycles. The number of thiol groups is 1. The molecule has 0 fully saturated rings. The molecule has 0 aliphatic carbocycles. The Morgan fingerprint density at radius 1 is 1.36 bits per heavy atom. The highest BCUT2D eigenvalue weighted by Gasteiger charge is 2.06. The third-order valence-corrected chi connectivity index (χ3v) is 2.34. The van der Waals surface area contributed by atoms with E-state index in [-0.39, 0.29) is 0 Å². The van der Waals surface area contributed by atoms with E-state index in [9.17, 15) is 4.57 Å². The van der Waals surface area contributed by atoms with Gasteiger partial charge in [-0.25, -0.2) is 0 Å². The first-order chi connectivity index (χ1) is 5.06. The Balaban J connectivity index is 3.09. The van der Waals surface area contributed by atoms with Gasteiger partial charge >= 0.3 is 0 Å². The van der Waals surface area contributed by atoms with Crippen molar-refractivity contribution in [2.45, 2.75) is 32.6 Å². The van der Waals surface area contributed by atoms with Crippen molar-refractivity contribution in [2.24, 2.45) is 0 Å². The van der Waals surface area contributed by atoms with Crippen molar-refractivity contribution in [3.8, 4) is 0 Å². The van der Waals surface area contributed by atoms with Gasteiger partial charge in [-0.15, -0.1) is 0 Å². The van der Waals surface area contributed by atoms with Crippen LogP contribution in [0.4, 0.5) is 0 Å². The maximum atomic E-state index is 10.9. The molecule has 1 unspecified atom stereocenters. The van der Waals surface area contributed by atoms with Gasteiger partial charge in [0, 0.05) is 6.66 Å². The maximum Gasteiger partial charge on any atom is 0.251 e. The lowest BCUT2D eigenvalue weighted by atomic mass is 10.2. The van der Waals surface area contributed by atoms with Crippen LogP contribution in [0.3, 0.4) is 0 Å². The second-order valence-electron chi connectivity index (χ2n) is 2.70. The molecule has 0 aromatic rings. The van der Waals surface area contributed by atoms with Crippen LogP contribution < -0.4 is 0 Å². The minimum atomic E-state index is -2.52. The van der Waals surface area contributed by atoms with E-state index in [4.69, 9.17) is 4.52 Å². The average Bonchev–Trinajstić information content (AvgIpc) is 1.85. The number of hydrogen-bond donors (Lipinski definition) is 1. The zero-order valence-corrected chi connectivity index (χ0v) is 9.04. The second-order valence-corrected chi connectivity index (χ2v) is 6.74.